The molecule has 3 N–H and O–H groups in total. The highest BCUT2D eigenvalue weighted by molar-refractivity contribution is 5.85. The van der Waals surface area contributed by atoms with Gasteiger partial charge in [0.2, 0.25) is 11.8 Å². The molecule has 1 fully saturated rings. The molecule has 8 nitrogen and oxygen atoms in total. The Balaban J connectivity index is 1.69. The molecular weight excluding hydrogens is 344 g/mol. The van der Waals surface area contributed by atoms with Crippen molar-refractivity contribution in [3.05, 3.63) is 30.1 Å². The van der Waals surface area contributed by atoms with Crippen molar-refractivity contribution in [2.75, 3.05) is 39.8 Å². The molecule has 0 bridgehead atoms. The monoisotopic (exact) mass is 374 g/mol. The molecule has 1 aromatic heterocycles. The molecule has 0 spiro atoms. The minimum Gasteiger partial charge on any atom is -0.357 e. The number of guanidine groups is 1. The van der Waals surface area contributed by atoms with Crippen molar-refractivity contribution >= 4 is 17.8 Å². The number of hydrogen-bond donors (Lipinski definition) is 3. The Morgan fingerprint density at radius 3 is 2.67 bits per heavy atom. The molecule has 2 amide bonds. The first-order valence-corrected chi connectivity index (χ1v) is 9.54. The number of pyridine rings is 1. The summed E-state index contributed by atoms with van der Waals surface area (Å²) in [5, 5.41) is 9.13. The first kappa shape index (κ1) is 20.7. The number of nitrogens with zero attached hydrogens (tertiary/aromatic N) is 3. The van der Waals surface area contributed by atoms with Gasteiger partial charge >= 0.3 is 0 Å². The van der Waals surface area contributed by atoms with E-state index >= 15 is 0 Å². The third kappa shape index (κ3) is 8.06. The van der Waals surface area contributed by atoms with Crippen molar-refractivity contribution in [3.8, 4) is 0 Å². The molecule has 1 aliphatic carbocycles. The van der Waals surface area contributed by atoms with E-state index in [1.807, 2.05) is 25.1 Å². The topological polar surface area (TPSA) is 98.7 Å². The molecule has 1 heterocycles. The van der Waals surface area contributed by atoms with Crippen LogP contribution >= 0.6 is 0 Å². The summed E-state index contributed by atoms with van der Waals surface area (Å²) in [5.74, 6) is 0.865. The van der Waals surface area contributed by atoms with Gasteiger partial charge in [0, 0.05) is 57.5 Å². The molecule has 0 unspecified atom stereocenters. The van der Waals surface area contributed by atoms with Gasteiger partial charge < -0.3 is 20.9 Å². The van der Waals surface area contributed by atoms with E-state index in [4.69, 9.17) is 0 Å². The van der Waals surface area contributed by atoms with E-state index in [0.29, 0.717) is 38.6 Å². The third-order valence-electron chi connectivity index (χ3n) is 4.24. The van der Waals surface area contributed by atoms with Crippen LogP contribution in [0.25, 0.3) is 0 Å². The van der Waals surface area contributed by atoms with Crippen LogP contribution in [0.2, 0.25) is 0 Å². The fourth-order valence-corrected chi connectivity index (χ4v) is 2.42. The molecule has 0 aliphatic heterocycles. The van der Waals surface area contributed by atoms with E-state index in [2.05, 4.69) is 25.9 Å². The van der Waals surface area contributed by atoms with Gasteiger partial charge in [0.05, 0.1) is 0 Å². The maximum Gasteiger partial charge on any atom is 0.244 e. The molecule has 0 saturated heterocycles. The molecule has 148 valence electrons. The number of aromatic nitrogens is 1. The standard InChI is InChI=1S/C19H30N6O2/c1-3-20-19(23-12-11-22-18(27)15-7-8-15)24-14-17(26)25(2)13-9-16-6-4-5-10-21-16/h4-6,10,15H,3,7-9,11-14H2,1-2H3,(H,22,27)(H2,20,23,24). The Bertz CT molecular complexity index is 630. The second-order valence-corrected chi connectivity index (χ2v) is 6.57. The fraction of sp³-hybridized carbons (Fsp3) is 0.579. The molecular formula is C19H30N6O2. The third-order valence-corrected chi connectivity index (χ3v) is 4.24. The molecule has 0 radical (unpaired) electrons. The van der Waals surface area contributed by atoms with Crippen molar-refractivity contribution in [2.45, 2.75) is 26.2 Å². The number of rotatable bonds is 10. The van der Waals surface area contributed by atoms with E-state index in [1.165, 1.54) is 0 Å². The van der Waals surface area contributed by atoms with Crippen LogP contribution in [0.4, 0.5) is 0 Å². The predicted molar refractivity (Wildman–Crippen MR) is 105 cm³/mol. The van der Waals surface area contributed by atoms with Crippen molar-refractivity contribution < 1.29 is 9.59 Å². The number of carbonyl (C=O) groups is 2. The highest BCUT2D eigenvalue weighted by Crippen LogP contribution is 2.28. The summed E-state index contributed by atoms with van der Waals surface area (Å²) in [4.78, 5) is 34.1. The number of hydrogen-bond acceptors (Lipinski definition) is 4. The van der Waals surface area contributed by atoms with Crippen LogP contribution in [0.1, 0.15) is 25.5 Å². The first-order chi connectivity index (χ1) is 13.1. The van der Waals surface area contributed by atoms with Crippen molar-refractivity contribution in [3.63, 3.8) is 0 Å². The van der Waals surface area contributed by atoms with E-state index < -0.39 is 0 Å². The molecule has 2 rings (SSSR count). The normalized spacial score (nSPS) is 13.8. The zero-order valence-electron chi connectivity index (χ0n) is 16.2. The maximum absolute atomic E-state index is 12.3. The van der Waals surface area contributed by atoms with Gasteiger partial charge in [-0.2, -0.15) is 0 Å². The minimum absolute atomic E-state index is 0.0508. The van der Waals surface area contributed by atoms with Gasteiger partial charge in [0.25, 0.3) is 0 Å². The summed E-state index contributed by atoms with van der Waals surface area (Å²) in [6, 6.07) is 5.77. The summed E-state index contributed by atoms with van der Waals surface area (Å²) >= 11 is 0. The highest BCUT2D eigenvalue weighted by Gasteiger charge is 2.28. The SMILES string of the molecule is CCNC(=NCC(=O)N(C)CCc1ccccn1)NCCNC(=O)C1CC1. The smallest absolute Gasteiger partial charge is 0.244 e. The quantitative estimate of drug-likeness (QED) is 0.308. The Labute approximate surface area is 160 Å². The molecule has 0 atom stereocenters. The number of aliphatic imine (C=N–C) groups is 1. The van der Waals surface area contributed by atoms with Crippen LogP contribution in [0, 0.1) is 5.92 Å². The lowest BCUT2D eigenvalue weighted by Crippen LogP contribution is -2.42. The van der Waals surface area contributed by atoms with Crippen LogP contribution in [0.3, 0.4) is 0 Å². The van der Waals surface area contributed by atoms with Gasteiger partial charge in [0.1, 0.15) is 6.54 Å². The van der Waals surface area contributed by atoms with Crippen LogP contribution in [-0.2, 0) is 16.0 Å². The van der Waals surface area contributed by atoms with Crippen LogP contribution in [0.15, 0.2) is 29.4 Å². The second-order valence-electron chi connectivity index (χ2n) is 6.57. The number of carbonyl (C=O) groups excluding carboxylic acids is 2. The highest BCUT2D eigenvalue weighted by atomic mass is 16.2. The first-order valence-electron chi connectivity index (χ1n) is 9.54. The van der Waals surface area contributed by atoms with Crippen molar-refractivity contribution in [2.24, 2.45) is 10.9 Å². The van der Waals surface area contributed by atoms with Gasteiger partial charge in [-0.15, -0.1) is 0 Å². The maximum atomic E-state index is 12.3. The zero-order valence-corrected chi connectivity index (χ0v) is 16.2. The summed E-state index contributed by atoms with van der Waals surface area (Å²) in [7, 11) is 1.77. The van der Waals surface area contributed by atoms with Crippen molar-refractivity contribution in [1.82, 2.24) is 25.8 Å². The molecule has 1 aliphatic rings. The Morgan fingerprint density at radius 2 is 2.00 bits per heavy atom. The molecule has 27 heavy (non-hydrogen) atoms. The van der Waals surface area contributed by atoms with Crippen molar-refractivity contribution in [1.29, 1.82) is 0 Å². The molecule has 1 saturated carbocycles. The van der Waals surface area contributed by atoms with E-state index in [1.54, 1.807) is 18.1 Å². The van der Waals surface area contributed by atoms with E-state index in [9.17, 15) is 9.59 Å². The van der Waals surface area contributed by atoms with Gasteiger partial charge in [-0.1, -0.05) is 6.07 Å². The largest absolute Gasteiger partial charge is 0.357 e. The second kappa shape index (κ2) is 11.2. The van der Waals surface area contributed by atoms with Gasteiger partial charge in [0.15, 0.2) is 5.96 Å². The summed E-state index contributed by atoms with van der Waals surface area (Å²) < 4.78 is 0. The van der Waals surface area contributed by atoms with Gasteiger partial charge in [-0.05, 0) is 31.9 Å². The Hall–Kier alpha value is -2.64. The number of likely N-dealkylation sites (N-methyl/N-ethyl adjacent to an activating group) is 1. The number of nitrogens with one attached hydrogen (secondary N) is 3. The summed E-state index contributed by atoms with van der Waals surface area (Å²) in [6.45, 7) is 4.44. The van der Waals surface area contributed by atoms with Crippen LogP contribution in [-0.4, -0.2) is 67.4 Å². The molecule has 1 aromatic rings. The zero-order chi connectivity index (χ0) is 19.5. The van der Waals surface area contributed by atoms with E-state index in [0.717, 1.165) is 18.5 Å². The lowest BCUT2D eigenvalue weighted by atomic mass is 10.2. The average molecular weight is 374 g/mol. The number of amides is 2. The van der Waals surface area contributed by atoms with E-state index in [-0.39, 0.29) is 24.3 Å². The van der Waals surface area contributed by atoms with Crippen LogP contribution < -0.4 is 16.0 Å². The van der Waals surface area contributed by atoms with Gasteiger partial charge in [-0.3, -0.25) is 14.6 Å². The lowest BCUT2D eigenvalue weighted by Gasteiger charge is -2.16. The molecule has 8 heteroatoms. The molecule has 0 aromatic carbocycles. The summed E-state index contributed by atoms with van der Waals surface area (Å²) in [6.07, 6.45) is 4.47. The Kier molecular flexibility index (Phi) is 8.54. The van der Waals surface area contributed by atoms with Crippen LogP contribution in [0.5, 0.6) is 0 Å². The minimum atomic E-state index is -0.0508. The fourth-order valence-electron chi connectivity index (χ4n) is 2.42. The Morgan fingerprint density at radius 1 is 1.22 bits per heavy atom. The van der Waals surface area contributed by atoms with Gasteiger partial charge in [-0.25, -0.2) is 4.99 Å². The predicted octanol–water partition coefficient (Wildman–Crippen LogP) is 0.164. The average Bonchev–Trinajstić information content (AvgIpc) is 3.53. The summed E-state index contributed by atoms with van der Waals surface area (Å²) in [5.41, 5.74) is 0.962. The lowest BCUT2D eigenvalue weighted by molar-refractivity contribution is -0.128.